The Balaban J connectivity index is 2.97. The van der Waals surface area contributed by atoms with Crippen LogP contribution in [0, 0.1) is 11.7 Å². The van der Waals surface area contributed by atoms with Gasteiger partial charge in [-0.15, -0.1) is 0 Å². The Bertz CT molecular complexity index is 544. The lowest BCUT2D eigenvalue weighted by Gasteiger charge is -2.17. The number of rotatable bonds is 5. The molecule has 5 nitrogen and oxygen atoms in total. The fourth-order valence-electron chi connectivity index (χ4n) is 1.29. The molecule has 1 aromatic rings. The number of carbonyl (C=O) groups is 1. The van der Waals surface area contributed by atoms with Gasteiger partial charge in [0.05, 0.1) is 5.92 Å². The minimum atomic E-state index is -4.06. The Hall–Kier alpha value is -1.47. The highest BCUT2D eigenvalue weighted by Gasteiger charge is 2.26. The molecule has 0 saturated carbocycles. The van der Waals surface area contributed by atoms with Gasteiger partial charge in [0.15, 0.2) is 0 Å². The molecule has 0 aromatic heterocycles. The summed E-state index contributed by atoms with van der Waals surface area (Å²) in [7, 11) is -4.06. The van der Waals surface area contributed by atoms with E-state index in [0.29, 0.717) is 0 Å². The first kappa shape index (κ1) is 14.6. The quantitative estimate of drug-likeness (QED) is 0.846. The second-order valence-electron chi connectivity index (χ2n) is 3.97. The van der Waals surface area contributed by atoms with Crippen molar-refractivity contribution in [3.05, 3.63) is 30.1 Å². The Morgan fingerprint density at radius 2 is 1.89 bits per heavy atom. The van der Waals surface area contributed by atoms with Crippen LogP contribution in [0.15, 0.2) is 29.2 Å². The van der Waals surface area contributed by atoms with E-state index in [2.05, 4.69) is 4.72 Å². The van der Waals surface area contributed by atoms with Gasteiger partial charge in [0.25, 0.3) is 0 Å². The summed E-state index contributed by atoms with van der Waals surface area (Å²) in [4.78, 5) is 10.2. The topological polar surface area (TPSA) is 83.5 Å². The van der Waals surface area contributed by atoms with Gasteiger partial charge in [-0.1, -0.05) is 19.1 Å². The summed E-state index contributed by atoms with van der Waals surface area (Å²) < 4.78 is 39.2. The van der Waals surface area contributed by atoms with Crippen LogP contribution in [0.5, 0.6) is 0 Å². The zero-order valence-corrected chi connectivity index (χ0v) is 10.7. The molecule has 0 spiro atoms. The molecule has 0 fully saturated rings. The molecule has 0 bridgehead atoms. The van der Waals surface area contributed by atoms with Gasteiger partial charge in [-0.25, -0.2) is 17.5 Å². The van der Waals surface area contributed by atoms with Crippen LogP contribution < -0.4 is 4.72 Å². The lowest BCUT2D eigenvalue weighted by atomic mass is 10.1. The predicted molar refractivity (Wildman–Crippen MR) is 63.0 cm³/mol. The maximum atomic E-state index is 13.4. The zero-order valence-electron chi connectivity index (χ0n) is 9.92. The highest BCUT2D eigenvalue weighted by Crippen LogP contribution is 2.15. The van der Waals surface area contributed by atoms with Gasteiger partial charge in [0.1, 0.15) is 10.7 Å². The molecule has 2 atom stereocenters. The number of nitrogens with one attached hydrogen (secondary N) is 1. The second kappa shape index (κ2) is 5.45. The highest BCUT2D eigenvalue weighted by atomic mass is 32.2. The van der Waals surface area contributed by atoms with Crippen LogP contribution in [0.25, 0.3) is 0 Å². The number of halogens is 1. The smallest absolute Gasteiger partial charge is 0.307 e. The molecule has 0 saturated heterocycles. The summed E-state index contributed by atoms with van der Waals surface area (Å²) in [6, 6.07) is 4.07. The minimum Gasteiger partial charge on any atom is -0.481 e. The van der Waals surface area contributed by atoms with Crippen molar-refractivity contribution >= 4 is 16.0 Å². The first-order chi connectivity index (χ1) is 8.25. The van der Waals surface area contributed by atoms with Crippen molar-refractivity contribution in [3.8, 4) is 0 Å². The van der Waals surface area contributed by atoms with E-state index in [-0.39, 0.29) is 0 Å². The maximum Gasteiger partial charge on any atom is 0.307 e. The molecule has 1 aromatic carbocycles. The molecule has 2 N–H and O–H groups in total. The lowest BCUT2D eigenvalue weighted by Crippen LogP contribution is -2.40. The molecule has 1 rings (SSSR count). The van der Waals surface area contributed by atoms with Gasteiger partial charge in [-0.3, -0.25) is 4.79 Å². The maximum absolute atomic E-state index is 13.4. The van der Waals surface area contributed by atoms with Crippen molar-refractivity contribution in [3.63, 3.8) is 0 Å². The SMILES string of the molecule is CC(NS(=O)(=O)c1ccccc1F)C(C)C(=O)O. The summed E-state index contributed by atoms with van der Waals surface area (Å²) in [6.07, 6.45) is 0. The zero-order chi connectivity index (χ0) is 13.9. The molecular formula is C11H14FNO4S. The highest BCUT2D eigenvalue weighted by molar-refractivity contribution is 7.89. The van der Waals surface area contributed by atoms with Gasteiger partial charge >= 0.3 is 5.97 Å². The number of hydrogen-bond donors (Lipinski definition) is 2. The third-order valence-electron chi connectivity index (χ3n) is 2.61. The molecule has 0 amide bonds. The van der Waals surface area contributed by atoms with E-state index in [1.54, 1.807) is 0 Å². The largest absolute Gasteiger partial charge is 0.481 e. The molecule has 0 aliphatic rings. The molecule has 100 valence electrons. The van der Waals surface area contributed by atoms with Gasteiger partial charge in [0, 0.05) is 6.04 Å². The molecule has 0 radical (unpaired) electrons. The van der Waals surface area contributed by atoms with E-state index < -0.39 is 38.7 Å². The van der Waals surface area contributed by atoms with E-state index in [9.17, 15) is 17.6 Å². The number of carboxylic acid groups (broad SMARTS) is 1. The van der Waals surface area contributed by atoms with Crippen LogP contribution in [0.1, 0.15) is 13.8 Å². The molecule has 0 aliphatic carbocycles. The van der Waals surface area contributed by atoms with Crippen molar-refractivity contribution in [1.29, 1.82) is 0 Å². The number of benzene rings is 1. The molecule has 7 heteroatoms. The van der Waals surface area contributed by atoms with Gasteiger partial charge < -0.3 is 5.11 Å². The summed E-state index contributed by atoms with van der Waals surface area (Å²) in [5, 5.41) is 8.77. The van der Waals surface area contributed by atoms with Crippen LogP contribution >= 0.6 is 0 Å². The van der Waals surface area contributed by atoms with Gasteiger partial charge in [0.2, 0.25) is 10.0 Å². The molecule has 0 aliphatic heterocycles. The summed E-state index contributed by atoms with van der Waals surface area (Å²) in [5.41, 5.74) is 0. The van der Waals surface area contributed by atoms with Crippen molar-refractivity contribution in [2.45, 2.75) is 24.8 Å². The molecule has 18 heavy (non-hydrogen) atoms. The van der Waals surface area contributed by atoms with E-state index in [1.807, 2.05) is 0 Å². The average Bonchev–Trinajstić information content (AvgIpc) is 2.27. The van der Waals surface area contributed by atoms with Gasteiger partial charge in [-0.2, -0.15) is 0 Å². The predicted octanol–water partition coefficient (Wildman–Crippen LogP) is 1.21. The van der Waals surface area contributed by atoms with Crippen molar-refractivity contribution in [2.24, 2.45) is 5.92 Å². The third kappa shape index (κ3) is 3.27. The Labute approximate surface area is 105 Å². The van der Waals surface area contributed by atoms with E-state index in [4.69, 9.17) is 5.11 Å². The standard InChI is InChI=1S/C11H14FNO4S/c1-7(11(14)15)8(2)13-18(16,17)10-6-4-3-5-9(10)12/h3-8,13H,1-2H3,(H,14,15). The van der Waals surface area contributed by atoms with Crippen LogP contribution in [0.4, 0.5) is 4.39 Å². The van der Waals surface area contributed by atoms with Crippen LogP contribution in [0.3, 0.4) is 0 Å². The van der Waals surface area contributed by atoms with Gasteiger partial charge in [-0.05, 0) is 19.1 Å². The lowest BCUT2D eigenvalue weighted by molar-refractivity contribution is -0.141. The van der Waals surface area contributed by atoms with Crippen LogP contribution in [-0.4, -0.2) is 25.5 Å². The van der Waals surface area contributed by atoms with E-state index in [1.165, 1.54) is 26.0 Å². The fourth-order valence-corrected chi connectivity index (χ4v) is 2.69. The Morgan fingerprint density at radius 1 is 1.33 bits per heavy atom. The minimum absolute atomic E-state index is 0.491. The third-order valence-corrected chi connectivity index (χ3v) is 4.20. The number of aliphatic carboxylic acids is 1. The first-order valence-corrected chi connectivity index (χ1v) is 6.73. The molecule has 2 unspecified atom stereocenters. The molecule has 0 heterocycles. The van der Waals surface area contributed by atoms with Crippen molar-refractivity contribution in [2.75, 3.05) is 0 Å². The second-order valence-corrected chi connectivity index (χ2v) is 5.65. The van der Waals surface area contributed by atoms with Crippen LogP contribution in [-0.2, 0) is 14.8 Å². The van der Waals surface area contributed by atoms with Crippen molar-refractivity contribution in [1.82, 2.24) is 4.72 Å². The Kier molecular flexibility index (Phi) is 4.42. The van der Waals surface area contributed by atoms with E-state index >= 15 is 0 Å². The van der Waals surface area contributed by atoms with Crippen LogP contribution in [0.2, 0.25) is 0 Å². The van der Waals surface area contributed by atoms with E-state index in [0.717, 1.165) is 12.1 Å². The monoisotopic (exact) mass is 275 g/mol. The number of hydrogen-bond acceptors (Lipinski definition) is 3. The summed E-state index contributed by atoms with van der Waals surface area (Å²) >= 11 is 0. The summed E-state index contributed by atoms with van der Waals surface area (Å²) in [6.45, 7) is 2.79. The van der Waals surface area contributed by atoms with Crippen molar-refractivity contribution < 1.29 is 22.7 Å². The number of sulfonamides is 1. The average molecular weight is 275 g/mol. The Morgan fingerprint density at radius 3 is 2.39 bits per heavy atom. The summed E-state index contributed by atoms with van der Waals surface area (Å²) in [5.74, 6) is -2.91. The molecular weight excluding hydrogens is 261 g/mol. The first-order valence-electron chi connectivity index (χ1n) is 5.25. The fraction of sp³-hybridized carbons (Fsp3) is 0.364. The normalized spacial score (nSPS) is 15.1. The number of carboxylic acids is 1.